The van der Waals surface area contributed by atoms with Gasteiger partial charge in [0.15, 0.2) is 5.82 Å². The minimum atomic E-state index is 0.532. The summed E-state index contributed by atoms with van der Waals surface area (Å²) >= 11 is 1.49. The van der Waals surface area contributed by atoms with Gasteiger partial charge in [0.25, 0.3) is 0 Å². The highest BCUT2D eigenvalue weighted by molar-refractivity contribution is 7.09. The molecule has 2 fully saturated rings. The Morgan fingerprint density at radius 3 is 3.00 bits per heavy atom. The molecule has 2 aliphatic rings. The molecule has 0 aliphatic carbocycles. The molecule has 6 heteroatoms. The number of aromatic nitrogens is 2. The van der Waals surface area contributed by atoms with Crippen molar-refractivity contribution in [3.63, 3.8) is 0 Å². The fraction of sp³-hybridized carbons (Fsp3) is 0.500. The summed E-state index contributed by atoms with van der Waals surface area (Å²) < 4.78 is 9.91. The van der Waals surface area contributed by atoms with Gasteiger partial charge in [-0.2, -0.15) is 9.36 Å². The van der Waals surface area contributed by atoms with Crippen LogP contribution in [0, 0.1) is 6.92 Å². The molecule has 2 aliphatic heterocycles. The van der Waals surface area contributed by atoms with E-state index in [0.29, 0.717) is 12.1 Å². The van der Waals surface area contributed by atoms with E-state index in [4.69, 9.17) is 9.72 Å². The van der Waals surface area contributed by atoms with Gasteiger partial charge in [-0.3, -0.25) is 0 Å². The van der Waals surface area contributed by atoms with Crippen LogP contribution in [0.25, 0.3) is 11.4 Å². The second-order valence-corrected chi connectivity index (χ2v) is 6.83. The largest absolute Gasteiger partial charge is 0.380 e. The maximum atomic E-state index is 5.40. The molecule has 0 bridgehead atoms. The van der Waals surface area contributed by atoms with Gasteiger partial charge >= 0.3 is 0 Å². The van der Waals surface area contributed by atoms with E-state index in [-0.39, 0.29) is 0 Å². The first-order valence-electron chi connectivity index (χ1n) is 7.77. The van der Waals surface area contributed by atoms with E-state index >= 15 is 0 Å². The number of hydrogen-bond donors (Lipinski definition) is 1. The Bertz CT molecular complexity index is 647. The normalized spacial score (nSPS) is 22.0. The van der Waals surface area contributed by atoms with E-state index in [1.165, 1.54) is 17.1 Å². The zero-order valence-electron chi connectivity index (χ0n) is 12.7. The first-order chi connectivity index (χ1) is 10.8. The van der Waals surface area contributed by atoms with Crippen molar-refractivity contribution in [2.75, 3.05) is 31.2 Å². The van der Waals surface area contributed by atoms with E-state index in [9.17, 15) is 0 Å². The van der Waals surface area contributed by atoms with Crippen LogP contribution in [-0.4, -0.2) is 47.7 Å². The zero-order chi connectivity index (χ0) is 14.9. The molecule has 0 radical (unpaired) electrons. The molecule has 1 atom stereocenters. The average molecular weight is 316 g/mol. The molecule has 3 heterocycles. The van der Waals surface area contributed by atoms with Crippen molar-refractivity contribution < 1.29 is 4.74 Å². The lowest BCUT2D eigenvalue weighted by molar-refractivity contribution is 0.186. The van der Waals surface area contributed by atoms with Crippen LogP contribution in [-0.2, 0) is 4.74 Å². The summed E-state index contributed by atoms with van der Waals surface area (Å²) in [6, 6.07) is 9.43. The third kappa shape index (κ3) is 2.86. The van der Waals surface area contributed by atoms with E-state index in [1.54, 1.807) is 0 Å². The molecule has 2 aromatic rings. The Kier molecular flexibility index (Phi) is 3.82. The lowest BCUT2D eigenvalue weighted by Gasteiger charge is -2.40. The van der Waals surface area contributed by atoms with Crippen LogP contribution in [0.1, 0.15) is 12.0 Å². The Labute approximate surface area is 134 Å². The summed E-state index contributed by atoms with van der Waals surface area (Å²) in [4.78, 5) is 6.99. The second-order valence-electron chi connectivity index (χ2n) is 6.10. The predicted molar refractivity (Wildman–Crippen MR) is 88.4 cm³/mol. The third-order valence-electron chi connectivity index (χ3n) is 4.24. The second kappa shape index (κ2) is 5.95. The van der Waals surface area contributed by atoms with E-state index in [0.717, 1.165) is 49.2 Å². The number of anilines is 1. The van der Waals surface area contributed by atoms with E-state index in [1.807, 2.05) is 0 Å². The van der Waals surface area contributed by atoms with Crippen molar-refractivity contribution in [1.29, 1.82) is 0 Å². The van der Waals surface area contributed by atoms with Crippen LogP contribution < -0.4 is 10.2 Å². The quantitative estimate of drug-likeness (QED) is 0.936. The minimum Gasteiger partial charge on any atom is -0.380 e. The lowest BCUT2D eigenvalue weighted by atomic mass is 10.1. The molecule has 22 heavy (non-hydrogen) atoms. The van der Waals surface area contributed by atoms with Gasteiger partial charge in [-0.05, 0) is 19.4 Å². The molecule has 1 aromatic heterocycles. The molecule has 1 N–H and O–H groups in total. The van der Waals surface area contributed by atoms with Gasteiger partial charge in [-0.1, -0.05) is 23.8 Å². The average Bonchev–Trinajstić information content (AvgIpc) is 3.14. The molecule has 0 spiro atoms. The van der Waals surface area contributed by atoms with Gasteiger partial charge in [0.05, 0.1) is 6.61 Å². The molecular formula is C16H20N4OS. The van der Waals surface area contributed by atoms with Crippen molar-refractivity contribution in [2.45, 2.75) is 25.4 Å². The number of nitrogens with one attached hydrogen (secondary N) is 1. The highest BCUT2D eigenvalue weighted by atomic mass is 32.1. The maximum Gasteiger partial charge on any atom is 0.205 e. The van der Waals surface area contributed by atoms with Crippen LogP contribution in [0.15, 0.2) is 24.3 Å². The van der Waals surface area contributed by atoms with Crippen molar-refractivity contribution in [3.05, 3.63) is 29.8 Å². The SMILES string of the molecule is Cc1cccc(-c2nsc(N3CC(NC4CCOC4)C3)n2)c1. The Balaban J connectivity index is 1.37. The molecule has 1 unspecified atom stereocenters. The molecular weight excluding hydrogens is 296 g/mol. The molecule has 0 saturated carbocycles. The van der Waals surface area contributed by atoms with Gasteiger partial charge in [0, 0.05) is 48.9 Å². The smallest absolute Gasteiger partial charge is 0.205 e. The van der Waals surface area contributed by atoms with Crippen LogP contribution in [0.2, 0.25) is 0 Å². The molecule has 2 saturated heterocycles. The van der Waals surface area contributed by atoms with Crippen LogP contribution in [0.3, 0.4) is 0 Å². The van der Waals surface area contributed by atoms with Gasteiger partial charge in [-0.25, -0.2) is 0 Å². The number of ether oxygens (including phenoxy) is 1. The van der Waals surface area contributed by atoms with Crippen molar-refractivity contribution in [3.8, 4) is 11.4 Å². The zero-order valence-corrected chi connectivity index (χ0v) is 13.5. The Hall–Kier alpha value is -1.50. The maximum absolute atomic E-state index is 5.40. The first kappa shape index (κ1) is 14.1. The Morgan fingerprint density at radius 2 is 2.23 bits per heavy atom. The summed E-state index contributed by atoms with van der Waals surface area (Å²) in [5.74, 6) is 0.837. The van der Waals surface area contributed by atoms with Crippen molar-refractivity contribution in [2.24, 2.45) is 0 Å². The molecule has 0 amide bonds. The number of hydrogen-bond acceptors (Lipinski definition) is 6. The first-order valence-corrected chi connectivity index (χ1v) is 8.55. The van der Waals surface area contributed by atoms with Crippen LogP contribution in [0.5, 0.6) is 0 Å². The summed E-state index contributed by atoms with van der Waals surface area (Å²) in [6.07, 6.45) is 1.13. The van der Waals surface area contributed by atoms with Crippen LogP contribution >= 0.6 is 11.5 Å². The van der Waals surface area contributed by atoms with E-state index in [2.05, 4.69) is 45.8 Å². The van der Waals surface area contributed by atoms with Crippen molar-refractivity contribution in [1.82, 2.24) is 14.7 Å². The van der Waals surface area contributed by atoms with Gasteiger partial charge in [-0.15, -0.1) is 0 Å². The summed E-state index contributed by atoms with van der Waals surface area (Å²) in [5.41, 5.74) is 2.33. The molecule has 1 aromatic carbocycles. The molecule has 4 rings (SSSR count). The fourth-order valence-corrected chi connectivity index (χ4v) is 3.69. The number of benzene rings is 1. The molecule has 5 nitrogen and oxygen atoms in total. The molecule has 116 valence electrons. The van der Waals surface area contributed by atoms with E-state index < -0.39 is 0 Å². The van der Waals surface area contributed by atoms with Crippen molar-refractivity contribution >= 4 is 16.7 Å². The lowest BCUT2D eigenvalue weighted by Crippen LogP contribution is -2.60. The number of rotatable bonds is 4. The monoisotopic (exact) mass is 316 g/mol. The topological polar surface area (TPSA) is 50.3 Å². The number of nitrogens with zero attached hydrogens (tertiary/aromatic N) is 3. The van der Waals surface area contributed by atoms with Crippen LogP contribution in [0.4, 0.5) is 5.13 Å². The highest BCUT2D eigenvalue weighted by Gasteiger charge is 2.31. The summed E-state index contributed by atoms with van der Waals surface area (Å²) in [6.45, 7) is 5.87. The summed E-state index contributed by atoms with van der Waals surface area (Å²) in [7, 11) is 0. The Morgan fingerprint density at radius 1 is 1.32 bits per heavy atom. The third-order valence-corrected chi connectivity index (χ3v) is 5.02. The summed E-state index contributed by atoms with van der Waals surface area (Å²) in [5, 5.41) is 4.68. The fourth-order valence-electron chi connectivity index (χ4n) is 2.98. The number of aryl methyl sites for hydroxylation is 1. The van der Waals surface area contributed by atoms with Gasteiger partial charge in [0.2, 0.25) is 5.13 Å². The minimum absolute atomic E-state index is 0.532. The van der Waals surface area contributed by atoms with Gasteiger partial charge in [0.1, 0.15) is 0 Å². The standard InChI is InChI=1S/C16H20N4OS/c1-11-3-2-4-12(7-11)15-18-16(22-19-15)20-8-14(9-20)17-13-5-6-21-10-13/h2-4,7,13-14,17H,5-6,8-10H2,1H3. The highest BCUT2D eigenvalue weighted by Crippen LogP contribution is 2.27. The predicted octanol–water partition coefficient (Wildman–Crippen LogP) is 2.08. The van der Waals surface area contributed by atoms with Gasteiger partial charge < -0.3 is 15.0 Å².